The van der Waals surface area contributed by atoms with Crippen LogP contribution < -0.4 is 10.6 Å². The van der Waals surface area contributed by atoms with Crippen molar-refractivity contribution in [3.63, 3.8) is 0 Å². The molecule has 1 aromatic rings. The Morgan fingerprint density at radius 1 is 1.15 bits per heavy atom. The molecule has 1 aliphatic rings. The maximum Gasteiger partial charge on any atom is 0.314 e. The number of nitrogens with one attached hydrogen (secondary N) is 2. The number of rotatable bonds is 6. The summed E-state index contributed by atoms with van der Waals surface area (Å²) in [6, 6.07) is 0. The number of likely N-dealkylation sites (N-methyl/N-ethyl adjacent to an activating group) is 1. The minimum absolute atomic E-state index is 0.148. The van der Waals surface area contributed by atoms with E-state index < -0.39 is 27.2 Å². The Morgan fingerprint density at radius 3 is 2.33 bits per heavy atom. The maximum atomic E-state index is 12.3. The molecule has 0 radical (unpaired) electrons. The van der Waals surface area contributed by atoms with Gasteiger partial charge in [0.05, 0.1) is 22.7 Å². The third kappa shape index (κ3) is 5.07. The molecule has 2 rings (SSSR count). The molecular weight excluding hydrogens is 370 g/mol. The molecule has 0 bridgehead atoms. The van der Waals surface area contributed by atoms with Crippen molar-refractivity contribution in [2.24, 2.45) is 0 Å². The molecule has 9 nitrogen and oxygen atoms in total. The highest BCUT2D eigenvalue weighted by Gasteiger charge is 2.35. The molecule has 0 atom stereocenters. The van der Waals surface area contributed by atoms with E-state index >= 15 is 0 Å². The van der Waals surface area contributed by atoms with Crippen LogP contribution in [0.15, 0.2) is 0 Å². The Morgan fingerprint density at radius 2 is 1.78 bits per heavy atom. The third-order valence-electron chi connectivity index (χ3n) is 4.47. The summed E-state index contributed by atoms with van der Waals surface area (Å²) in [6.07, 6.45) is 0. The predicted molar refractivity (Wildman–Crippen MR) is 103 cm³/mol. The first-order chi connectivity index (χ1) is 12.5. The number of carbonyl (C=O) groups excluding carboxylic acids is 2. The van der Waals surface area contributed by atoms with E-state index in [4.69, 9.17) is 0 Å². The Labute approximate surface area is 160 Å². The molecule has 1 aromatic heterocycles. The lowest BCUT2D eigenvalue weighted by Crippen LogP contribution is -2.41. The van der Waals surface area contributed by atoms with Crippen LogP contribution in [0.5, 0.6) is 0 Å². The van der Waals surface area contributed by atoms with Crippen molar-refractivity contribution in [2.75, 3.05) is 31.5 Å². The van der Waals surface area contributed by atoms with Crippen LogP contribution in [-0.4, -0.2) is 61.1 Å². The van der Waals surface area contributed by atoms with E-state index in [1.807, 2.05) is 34.6 Å². The van der Waals surface area contributed by atoms with Crippen LogP contribution in [0.25, 0.3) is 0 Å². The molecular formula is C17H29N5O4S. The highest BCUT2D eigenvalue weighted by molar-refractivity contribution is 7.90. The fraction of sp³-hybridized carbons (Fsp3) is 0.706. The Kier molecular flexibility index (Phi) is 6.31. The number of carbonyl (C=O) groups is 2. The van der Waals surface area contributed by atoms with Crippen molar-refractivity contribution in [1.82, 2.24) is 20.0 Å². The predicted octanol–water partition coefficient (Wildman–Crippen LogP) is 0.463. The second kappa shape index (κ2) is 7.97. The quantitative estimate of drug-likeness (QED) is 0.672. The van der Waals surface area contributed by atoms with Crippen LogP contribution >= 0.6 is 0 Å². The highest BCUT2D eigenvalue weighted by Crippen LogP contribution is 2.34. The summed E-state index contributed by atoms with van der Waals surface area (Å²) in [4.78, 5) is 26.6. The van der Waals surface area contributed by atoms with Crippen LogP contribution in [0.4, 0.5) is 5.82 Å². The van der Waals surface area contributed by atoms with Gasteiger partial charge in [0, 0.05) is 18.7 Å². The molecule has 0 saturated heterocycles. The molecule has 2 heterocycles. The maximum absolute atomic E-state index is 12.3. The zero-order valence-electron chi connectivity index (χ0n) is 16.6. The second-order valence-corrected chi connectivity index (χ2v) is 9.69. The van der Waals surface area contributed by atoms with Gasteiger partial charge in [-0.25, -0.2) is 13.1 Å². The van der Waals surface area contributed by atoms with Crippen molar-refractivity contribution in [3.05, 3.63) is 11.3 Å². The van der Waals surface area contributed by atoms with E-state index in [0.29, 0.717) is 24.3 Å². The van der Waals surface area contributed by atoms with Crippen molar-refractivity contribution >= 4 is 27.5 Å². The average Bonchev–Trinajstić information content (AvgIpc) is 3.04. The minimum Gasteiger partial charge on any atom is -0.347 e. The number of sulfone groups is 1. The highest BCUT2D eigenvalue weighted by atomic mass is 32.2. The van der Waals surface area contributed by atoms with Gasteiger partial charge in [-0.3, -0.25) is 9.59 Å². The van der Waals surface area contributed by atoms with Crippen LogP contribution in [0, 0.1) is 0 Å². The van der Waals surface area contributed by atoms with Gasteiger partial charge in [0.25, 0.3) is 0 Å². The van der Waals surface area contributed by atoms with E-state index in [1.54, 1.807) is 4.68 Å². The SMILES string of the molecule is CCN(CC)CCNC(=O)C(=O)Nc1c2c(nn1C(C)(C)C)CS(=O)(=O)C2. The van der Waals surface area contributed by atoms with Crippen LogP contribution in [0.2, 0.25) is 0 Å². The van der Waals surface area contributed by atoms with Crippen molar-refractivity contribution in [2.45, 2.75) is 51.7 Å². The second-order valence-electron chi connectivity index (χ2n) is 7.63. The smallest absolute Gasteiger partial charge is 0.314 e. The lowest BCUT2D eigenvalue weighted by molar-refractivity contribution is -0.136. The van der Waals surface area contributed by atoms with Crippen molar-refractivity contribution in [3.8, 4) is 0 Å². The van der Waals surface area contributed by atoms with Gasteiger partial charge in [0.2, 0.25) is 0 Å². The molecule has 0 saturated carbocycles. The fourth-order valence-corrected chi connectivity index (χ4v) is 4.46. The molecule has 1 aliphatic heterocycles. The lowest BCUT2D eigenvalue weighted by Gasteiger charge is -2.23. The number of hydrogen-bond donors (Lipinski definition) is 2. The summed E-state index contributed by atoms with van der Waals surface area (Å²) < 4.78 is 25.4. The van der Waals surface area contributed by atoms with E-state index in [-0.39, 0.29) is 17.3 Å². The van der Waals surface area contributed by atoms with Crippen LogP contribution in [-0.2, 0) is 36.5 Å². The normalized spacial score (nSPS) is 15.6. The fourth-order valence-electron chi connectivity index (χ4n) is 2.97. The van der Waals surface area contributed by atoms with Gasteiger partial charge in [-0.2, -0.15) is 5.10 Å². The average molecular weight is 400 g/mol. The van der Waals surface area contributed by atoms with Gasteiger partial charge < -0.3 is 15.5 Å². The Hall–Kier alpha value is -1.94. The van der Waals surface area contributed by atoms with Gasteiger partial charge in [-0.05, 0) is 33.9 Å². The van der Waals surface area contributed by atoms with Gasteiger partial charge in [0.15, 0.2) is 9.84 Å². The van der Waals surface area contributed by atoms with E-state index in [0.717, 1.165) is 13.1 Å². The molecule has 152 valence electrons. The van der Waals surface area contributed by atoms with E-state index in [9.17, 15) is 18.0 Å². The summed E-state index contributed by atoms with van der Waals surface area (Å²) in [5, 5.41) is 9.53. The third-order valence-corrected chi connectivity index (χ3v) is 5.91. The van der Waals surface area contributed by atoms with Gasteiger partial charge in [-0.15, -0.1) is 0 Å². The number of hydrogen-bond acceptors (Lipinski definition) is 6. The van der Waals surface area contributed by atoms with Gasteiger partial charge >= 0.3 is 11.8 Å². The number of amides is 2. The molecule has 2 amide bonds. The molecule has 10 heteroatoms. The topological polar surface area (TPSA) is 113 Å². The minimum atomic E-state index is -3.27. The molecule has 0 aliphatic carbocycles. The summed E-state index contributed by atoms with van der Waals surface area (Å²) in [5.74, 6) is -1.63. The first kappa shape index (κ1) is 21.4. The molecule has 2 N–H and O–H groups in total. The van der Waals surface area contributed by atoms with Crippen molar-refractivity contribution in [1.29, 1.82) is 0 Å². The number of aromatic nitrogens is 2. The molecule has 0 fully saturated rings. The Bertz CT molecular complexity index is 819. The molecule has 27 heavy (non-hydrogen) atoms. The van der Waals surface area contributed by atoms with Gasteiger partial charge in [-0.1, -0.05) is 13.8 Å². The van der Waals surface area contributed by atoms with Gasteiger partial charge in [0.1, 0.15) is 5.82 Å². The number of fused-ring (bicyclic) bond motifs is 1. The standard InChI is InChI=1S/C17H29N5O4S/c1-6-21(7-2)9-8-18-15(23)16(24)19-14-12-10-27(25,26)11-13(12)20-22(14)17(3,4)5/h6-11H2,1-5H3,(H,18,23)(H,19,24). The molecule has 0 unspecified atom stereocenters. The first-order valence-electron chi connectivity index (χ1n) is 9.11. The monoisotopic (exact) mass is 399 g/mol. The Balaban J connectivity index is 2.12. The van der Waals surface area contributed by atoms with Crippen molar-refractivity contribution < 1.29 is 18.0 Å². The molecule has 0 aromatic carbocycles. The van der Waals surface area contributed by atoms with Crippen LogP contribution in [0.3, 0.4) is 0 Å². The summed E-state index contributed by atoms with van der Waals surface area (Å²) >= 11 is 0. The summed E-state index contributed by atoms with van der Waals surface area (Å²) in [5.41, 5.74) is 0.423. The molecule has 0 spiro atoms. The first-order valence-corrected chi connectivity index (χ1v) is 10.9. The van der Waals surface area contributed by atoms with E-state index in [1.165, 1.54) is 0 Å². The van der Waals surface area contributed by atoms with Crippen LogP contribution in [0.1, 0.15) is 45.9 Å². The summed E-state index contributed by atoms with van der Waals surface area (Å²) in [7, 11) is -3.27. The zero-order chi connectivity index (χ0) is 20.4. The number of nitrogens with zero attached hydrogens (tertiary/aromatic N) is 3. The zero-order valence-corrected chi connectivity index (χ0v) is 17.4. The lowest BCUT2D eigenvalue weighted by atomic mass is 10.1. The largest absolute Gasteiger partial charge is 0.347 e. The number of anilines is 1. The summed E-state index contributed by atoms with van der Waals surface area (Å²) in [6.45, 7) is 12.5. The van der Waals surface area contributed by atoms with E-state index in [2.05, 4.69) is 20.6 Å².